The number of nitrogens with zero attached hydrogens (tertiary/aromatic N) is 6. The fourth-order valence-corrected chi connectivity index (χ4v) is 5.09. The van der Waals surface area contributed by atoms with Gasteiger partial charge >= 0.3 is 0 Å². The van der Waals surface area contributed by atoms with Crippen molar-refractivity contribution < 1.29 is 9.53 Å². The van der Waals surface area contributed by atoms with E-state index in [1.54, 1.807) is 11.8 Å². The summed E-state index contributed by atoms with van der Waals surface area (Å²) in [6, 6.07) is 8.08. The minimum Gasteiger partial charge on any atom is -0.378 e. The van der Waals surface area contributed by atoms with Crippen LogP contribution in [-0.2, 0) is 23.6 Å². The highest BCUT2D eigenvalue weighted by atomic mass is 32.2. The molecule has 0 radical (unpaired) electrons. The van der Waals surface area contributed by atoms with Crippen molar-refractivity contribution in [2.45, 2.75) is 44.8 Å². The van der Waals surface area contributed by atoms with Gasteiger partial charge in [0, 0.05) is 26.2 Å². The molecule has 9 nitrogen and oxygen atoms in total. The average molecular weight is 488 g/mol. The summed E-state index contributed by atoms with van der Waals surface area (Å²) in [5, 5.41) is 22.1. The van der Waals surface area contributed by atoms with Crippen molar-refractivity contribution in [1.82, 2.24) is 30.3 Å². The molecule has 1 aliphatic heterocycles. The van der Waals surface area contributed by atoms with E-state index in [9.17, 15) is 4.79 Å². The Balaban J connectivity index is 1.36. The first-order chi connectivity index (χ1) is 16.0. The monoisotopic (exact) mass is 487 g/mol. The van der Waals surface area contributed by atoms with Gasteiger partial charge in [0.1, 0.15) is 5.01 Å². The maximum absolute atomic E-state index is 12.5. The smallest absolute Gasteiger partial charge is 0.282 e. The van der Waals surface area contributed by atoms with E-state index in [1.165, 1.54) is 16.9 Å². The second kappa shape index (κ2) is 11.1. The van der Waals surface area contributed by atoms with Gasteiger partial charge in [-0.1, -0.05) is 66.8 Å². The molecule has 1 aliphatic rings. The number of benzene rings is 1. The van der Waals surface area contributed by atoms with Crippen molar-refractivity contribution in [2.75, 3.05) is 31.2 Å². The summed E-state index contributed by atoms with van der Waals surface area (Å²) in [6.45, 7) is 10.8. The molecule has 0 unspecified atom stereocenters. The van der Waals surface area contributed by atoms with Gasteiger partial charge in [0.25, 0.3) is 5.91 Å². The molecule has 0 saturated carbocycles. The Morgan fingerprint density at radius 3 is 2.64 bits per heavy atom. The predicted molar refractivity (Wildman–Crippen MR) is 130 cm³/mol. The van der Waals surface area contributed by atoms with Gasteiger partial charge < -0.3 is 15.0 Å². The van der Waals surface area contributed by atoms with Gasteiger partial charge in [-0.3, -0.25) is 9.36 Å². The molecule has 1 fully saturated rings. The summed E-state index contributed by atoms with van der Waals surface area (Å²) in [6.07, 6.45) is 0. The summed E-state index contributed by atoms with van der Waals surface area (Å²) in [5.74, 6) is 1.73. The van der Waals surface area contributed by atoms with Crippen LogP contribution in [0, 0.1) is 12.8 Å². The van der Waals surface area contributed by atoms with E-state index in [0.29, 0.717) is 36.4 Å². The zero-order valence-corrected chi connectivity index (χ0v) is 20.8. The molecule has 1 saturated heterocycles. The van der Waals surface area contributed by atoms with Crippen LogP contribution in [0.1, 0.15) is 39.8 Å². The molecule has 33 heavy (non-hydrogen) atoms. The second-order valence-corrected chi connectivity index (χ2v) is 10.3. The van der Waals surface area contributed by atoms with E-state index in [2.05, 4.69) is 49.0 Å². The number of anilines is 1. The standard InChI is InChI=1S/C22H29N7O2S2/c1-15(2)13-29-21(28-8-10-31-11-9-28)26-27-22(29)32-14-18-24-25-20(33-18)19(30)23-12-17-6-4-16(3)5-7-17/h4-7,15H,8-14H2,1-3H3,(H,23,30). The number of rotatable bonds is 9. The van der Waals surface area contributed by atoms with Gasteiger partial charge in [0.15, 0.2) is 5.16 Å². The lowest BCUT2D eigenvalue weighted by molar-refractivity contribution is 0.0950. The van der Waals surface area contributed by atoms with E-state index >= 15 is 0 Å². The van der Waals surface area contributed by atoms with E-state index < -0.39 is 0 Å². The number of thioether (sulfide) groups is 1. The molecular formula is C22H29N7O2S2. The van der Waals surface area contributed by atoms with Crippen LogP contribution in [0.2, 0.25) is 0 Å². The quantitative estimate of drug-likeness (QED) is 0.460. The van der Waals surface area contributed by atoms with Crippen LogP contribution in [0.25, 0.3) is 0 Å². The summed E-state index contributed by atoms with van der Waals surface area (Å²) < 4.78 is 7.65. The predicted octanol–water partition coefficient (Wildman–Crippen LogP) is 3.15. The molecule has 3 heterocycles. The molecule has 0 spiro atoms. The summed E-state index contributed by atoms with van der Waals surface area (Å²) in [4.78, 5) is 14.7. The maximum atomic E-state index is 12.5. The number of ether oxygens (including phenoxy) is 1. The molecule has 1 amide bonds. The molecule has 4 rings (SSSR count). The highest BCUT2D eigenvalue weighted by Gasteiger charge is 2.22. The van der Waals surface area contributed by atoms with Crippen molar-refractivity contribution in [3.63, 3.8) is 0 Å². The van der Waals surface area contributed by atoms with Crippen LogP contribution < -0.4 is 10.2 Å². The lowest BCUT2D eigenvalue weighted by Crippen LogP contribution is -2.38. The first-order valence-corrected chi connectivity index (χ1v) is 12.8. The Bertz CT molecular complexity index is 1060. The zero-order valence-electron chi connectivity index (χ0n) is 19.2. The van der Waals surface area contributed by atoms with E-state index in [0.717, 1.165) is 41.3 Å². The van der Waals surface area contributed by atoms with Gasteiger partial charge in [-0.2, -0.15) is 0 Å². The third-order valence-electron chi connectivity index (χ3n) is 5.10. The van der Waals surface area contributed by atoms with Crippen LogP contribution >= 0.6 is 23.1 Å². The number of morpholine rings is 1. The zero-order chi connectivity index (χ0) is 23.2. The molecule has 176 valence electrons. The Morgan fingerprint density at radius 1 is 1.15 bits per heavy atom. The first kappa shape index (κ1) is 23.7. The van der Waals surface area contributed by atoms with E-state index in [-0.39, 0.29) is 5.91 Å². The fourth-order valence-electron chi connectivity index (χ4n) is 3.40. The average Bonchev–Trinajstić information content (AvgIpc) is 3.44. The Kier molecular flexibility index (Phi) is 7.94. The van der Waals surface area contributed by atoms with Crippen LogP contribution in [0.3, 0.4) is 0 Å². The van der Waals surface area contributed by atoms with E-state index in [1.807, 2.05) is 31.2 Å². The third kappa shape index (κ3) is 6.30. The van der Waals surface area contributed by atoms with Crippen molar-refractivity contribution in [3.8, 4) is 0 Å². The van der Waals surface area contributed by atoms with Crippen LogP contribution in [-0.4, -0.2) is 57.2 Å². The number of hydrogen-bond acceptors (Lipinski definition) is 9. The maximum Gasteiger partial charge on any atom is 0.282 e. The van der Waals surface area contributed by atoms with Crippen molar-refractivity contribution in [3.05, 3.63) is 45.4 Å². The largest absolute Gasteiger partial charge is 0.378 e. The summed E-state index contributed by atoms with van der Waals surface area (Å²) in [7, 11) is 0. The molecule has 1 aromatic carbocycles. The number of carbonyl (C=O) groups excluding carboxylic acids is 1. The summed E-state index contributed by atoms with van der Waals surface area (Å²) in [5.41, 5.74) is 2.24. The van der Waals surface area contributed by atoms with Crippen molar-refractivity contribution in [1.29, 1.82) is 0 Å². The Morgan fingerprint density at radius 2 is 1.91 bits per heavy atom. The van der Waals surface area contributed by atoms with Crippen LogP contribution in [0.15, 0.2) is 29.4 Å². The SMILES string of the molecule is Cc1ccc(CNC(=O)c2nnc(CSc3nnc(N4CCOCC4)n3CC(C)C)s2)cc1. The van der Waals surface area contributed by atoms with Gasteiger partial charge in [0.05, 0.1) is 19.0 Å². The first-order valence-electron chi connectivity index (χ1n) is 11.0. The number of carbonyl (C=O) groups is 1. The van der Waals surface area contributed by atoms with Crippen LogP contribution in [0.4, 0.5) is 5.95 Å². The fraction of sp³-hybridized carbons (Fsp3) is 0.500. The van der Waals surface area contributed by atoms with Gasteiger partial charge in [-0.05, 0) is 18.4 Å². The number of hydrogen-bond donors (Lipinski definition) is 1. The number of nitrogens with one attached hydrogen (secondary N) is 1. The molecule has 11 heteroatoms. The highest BCUT2D eigenvalue weighted by molar-refractivity contribution is 7.98. The lowest BCUT2D eigenvalue weighted by atomic mass is 10.1. The van der Waals surface area contributed by atoms with Gasteiger partial charge in [-0.15, -0.1) is 20.4 Å². The Labute approximate surface area is 202 Å². The molecular weight excluding hydrogens is 458 g/mol. The highest BCUT2D eigenvalue weighted by Crippen LogP contribution is 2.27. The molecule has 0 aliphatic carbocycles. The molecule has 3 aromatic rings. The van der Waals surface area contributed by atoms with E-state index in [4.69, 9.17) is 4.74 Å². The minimum absolute atomic E-state index is 0.207. The third-order valence-corrected chi connectivity index (χ3v) is 7.18. The molecule has 2 aromatic heterocycles. The normalized spacial score (nSPS) is 14.1. The van der Waals surface area contributed by atoms with Gasteiger partial charge in [-0.25, -0.2) is 0 Å². The topological polar surface area (TPSA) is 98.1 Å². The van der Waals surface area contributed by atoms with Crippen molar-refractivity contribution >= 4 is 35.0 Å². The number of aromatic nitrogens is 5. The van der Waals surface area contributed by atoms with Gasteiger partial charge in [0.2, 0.25) is 11.0 Å². The summed E-state index contributed by atoms with van der Waals surface area (Å²) >= 11 is 2.88. The minimum atomic E-state index is -0.207. The van der Waals surface area contributed by atoms with Crippen LogP contribution in [0.5, 0.6) is 0 Å². The number of amides is 1. The molecule has 0 atom stereocenters. The molecule has 1 N–H and O–H groups in total. The molecule has 0 bridgehead atoms. The number of aryl methyl sites for hydroxylation is 1. The second-order valence-electron chi connectivity index (χ2n) is 8.34. The lowest BCUT2D eigenvalue weighted by Gasteiger charge is -2.28. The van der Waals surface area contributed by atoms with Crippen molar-refractivity contribution in [2.24, 2.45) is 5.92 Å². The Hall–Kier alpha value is -2.50.